The maximum absolute atomic E-state index is 12.1. The largest absolute Gasteiger partial charge is 0.449 e. The van der Waals surface area contributed by atoms with Crippen LogP contribution in [0, 0.1) is 0 Å². The normalized spacial score (nSPS) is 11.7. The van der Waals surface area contributed by atoms with Gasteiger partial charge in [-0.2, -0.15) is 0 Å². The van der Waals surface area contributed by atoms with Crippen molar-refractivity contribution < 1.29 is 19.1 Å². The van der Waals surface area contributed by atoms with Crippen LogP contribution in [0.15, 0.2) is 42.5 Å². The van der Waals surface area contributed by atoms with E-state index < -0.39 is 24.0 Å². The highest BCUT2D eigenvalue weighted by atomic mass is 16.5. The third kappa shape index (κ3) is 3.36. The molecule has 0 saturated carbocycles. The van der Waals surface area contributed by atoms with E-state index in [9.17, 15) is 14.4 Å². The number of carbonyl (C=O) groups excluding carboxylic acids is 3. The molecule has 21 heavy (non-hydrogen) atoms. The number of hydrogen-bond donors (Lipinski definition) is 2. The lowest BCUT2D eigenvalue weighted by molar-refractivity contribution is -0.127. The molecule has 0 fully saturated rings. The number of nitrogens with two attached hydrogens (primary N) is 1. The second-order valence-electron chi connectivity index (χ2n) is 4.43. The van der Waals surface area contributed by atoms with Crippen molar-refractivity contribution in [1.82, 2.24) is 5.32 Å². The van der Waals surface area contributed by atoms with E-state index in [0.29, 0.717) is 5.56 Å². The molecule has 1 atom stereocenters. The van der Waals surface area contributed by atoms with Crippen LogP contribution in [0.1, 0.15) is 17.3 Å². The average molecular weight is 286 g/mol. The van der Waals surface area contributed by atoms with Crippen LogP contribution in [0.25, 0.3) is 10.8 Å². The lowest BCUT2D eigenvalue weighted by atomic mass is 10.0. The summed E-state index contributed by atoms with van der Waals surface area (Å²) in [4.78, 5) is 34.2. The topological polar surface area (TPSA) is 98.5 Å². The molecule has 0 aliphatic rings. The Morgan fingerprint density at radius 2 is 1.76 bits per heavy atom. The van der Waals surface area contributed by atoms with Gasteiger partial charge < -0.3 is 10.5 Å². The smallest absolute Gasteiger partial charge is 0.339 e. The Kier molecular flexibility index (Phi) is 4.18. The zero-order chi connectivity index (χ0) is 15.4. The maximum Gasteiger partial charge on any atom is 0.339 e. The number of imide groups is 1. The van der Waals surface area contributed by atoms with E-state index in [1.165, 1.54) is 6.92 Å². The first-order chi connectivity index (χ1) is 9.99. The molecule has 0 aromatic heterocycles. The average Bonchev–Trinajstić information content (AvgIpc) is 2.45. The van der Waals surface area contributed by atoms with Crippen LogP contribution in [-0.2, 0) is 9.53 Å². The van der Waals surface area contributed by atoms with Gasteiger partial charge in [-0.15, -0.1) is 0 Å². The number of rotatable bonds is 3. The number of hydrogen-bond acceptors (Lipinski definition) is 4. The van der Waals surface area contributed by atoms with E-state index in [1.807, 2.05) is 29.6 Å². The van der Waals surface area contributed by atoms with Gasteiger partial charge in [-0.3, -0.25) is 10.1 Å². The summed E-state index contributed by atoms with van der Waals surface area (Å²) in [6.07, 6.45) is -1.12. The zero-order valence-corrected chi connectivity index (χ0v) is 11.3. The molecule has 3 N–H and O–H groups in total. The van der Waals surface area contributed by atoms with Crippen molar-refractivity contribution in [3.05, 3.63) is 48.0 Å². The van der Waals surface area contributed by atoms with Gasteiger partial charge in [0.25, 0.3) is 5.91 Å². The van der Waals surface area contributed by atoms with Crippen molar-refractivity contribution >= 4 is 28.7 Å². The molecule has 6 nitrogen and oxygen atoms in total. The predicted octanol–water partition coefficient (Wildman–Crippen LogP) is 1.58. The Bertz CT molecular complexity index is 706. The van der Waals surface area contributed by atoms with Crippen molar-refractivity contribution in [1.29, 1.82) is 0 Å². The number of amides is 3. The Labute approximate surface area is 120 Å². The number of nitrogens with one attached hydrogen (secondary N) is 1. The summed E-state index contributed by atoms with van der Waals surface area (Å²) < 4.78 is 5.05. The molecular weight excluding hydrogens is 272 g/mol. The summed E-state index contributed by atoms with van der Waals surface area (Å²) in [7, 11) is 0. The molecule has 3 amide bonds. The second kappa shape index (κ2) is 6.04. The fourth-order valence-corrected chi connectivity index (χ4v) is 1.90. The third-order valence-electron chi connectivity index (χ3n) is 2.91. The van der Waals surface area contributed by atoms with E-state index in [0.717, 1.165) is 10.8 Å². The van der Waals surface area contributed by atoms with Crippen molar-refractivity contribution in [3.63, 3.8) is 0 Å². The number of esters is 1. The zero-order valence-electron chi connectivity index (χ0n) is 11.3. The lowest BCUT2D eigenvalue weighted by Gasteiger charge is -2.13. The Balaban J connectivity index is 2.19. The third-order valence-corrected chi connectivity index (χ3v) is 2.91. The number of urea groups is 1. The molecule has 6 heteroatoms. The number of carbonyl (C=O) groups is 3. The molecule has 0 bridgehead atoms. The highest BCUT2D eigenvalue weighted by molar-refractivity contribution is 6.05. The summed E-state index contributed by atoms with van der Waals surface area (Å²) in [6, 6.07) is 11.6. The van der Waals surface area contributed by atoms with Gasteiger partial charge in [0.05, 0.1) is 5.56 Å². The van der Waals surface area contributed by atoms with Gasteiger partial charge in [-0.1, -0.05) is 36.4 Å². The van der Waals surface area contributed by atoms with Gasteiger partial charge in [-0.25, -0.2) is 9.59 Å². The molecule has 0 heterocycles. The Hall–Kier alpha value is -2.89. The number of benzene rings is 2. The molecule has 2 rings (SSSR count). The van der Waals surface area contributed by atoms with Gasteiger partial charge in [0.15, 0.2) is 6.10 Å². The summed E-state index contributed by atoms with van der Waals surface area (Å²) in [5, 5.41) is 3.48. The van der Waals surface area contributed by atoms with Crippen LogP contribution in [0.4, 0.5) is 4.79 Å². The van der Waals surface area contributed by atoms with Crippen molar-refractivity contribution in [2.45, 2.75) is 13.0 Å². The van der Waals surface area contributed by atoms with Crippen LogP contribution in [0.2, 0.25) is 0 Å². The molecule has 2 aromatic carbocycles. The fourth-order valence-electron chi connectivity index (χ4n) is 1.90. The maximum atomic E-state index is 12.1. The van der Waals surface area contributed by atoms with E-state index >= 15 is 0 Å². The first kappa shape index (κ1) is 14.5. The van der Waals surface area contributed by atoms with Crippen LogP contribution in [0.3, 0.4) is 0 Å². The summed E-state index contributed by atoms with van der Waals surface area (Å²) in [5.74, 6) is -1.41. The monoisotopic (exact) mass is 286 g/mol. The summed E-state index contributed by atoms with van der Waals surface area (Å²) in [6.45, 7) is 1.36. The molecular formula is C15H14N2O4. The van der Waals surface area contributed by atoms with Crippen molar-refractivity contribution in [3.8, 4) is 0 Å². The van der Waals surface area contributed by atoms with Gasteiger partial charge in [0, 0.05) is 0 Å². The van der Waals surface area contributed by atoms with Crippen molar-refractivity contribution in [2.75, 3.05) is 0 Å². The second-order valence-corrected chi connectivity index (χ2v) is 4.43. The molecule has 0 radical (unpaired) electrons. The molecule has 108 valence electrons. The molecule has 0 aliphatic carbocycles. The predicted molar refractivity (Wildman–Crippen MR) is 76.6 cm³/mol. The molecule has 1 unspecified atom stereocenters. The van der Waals surface area contributed by atoms with Gasteiger partial charge in [0.1, 0.15) is 0 Å². The van der Waals surface area contributed by atoms with Gasteiger partial charge in [0.2, 0.25) is 0 Å². The quantitative estimate of drug-likeness (QED) is 0.837. The van der Waals surface area contributed by atoms with Crippen LogP contribution in [0.5, 0.6) is 0 Å². The SMILES string of the molecule is CC(OC(=O)c1cccc2ccccc12)C(=O)NC(N)=O. The number of ether oxygens (including phenoxy) is 1. The van der Waals surface area contributed by atoms with E-state index in [-0.39, 0.29) is 0 Å². The highest BCUT2D eigenvalue weighted by Crippen LogP contribution is 2.19. The molecule has 2 aromatic rings. The molecule has 0 spiro atoms. The van der Waals surface area contributed by atoms with Crippen LogP contribution < -0.4 is 11.1 Å². The first-order valence-corrected chi connectivity index (χ1v) is 6.28. The molecule has 0 aliphatic heterocycles. The van der Waals surface area contributed by atoms with Gasteiger partial charge >= 0.3 is 12.0 Å². The van der Waals surface area contributed by atoms with E-state index in [4.69, 9.17) is 10.5 Å². The molecule has 0 saturated heterocycles. The number of primary amides is 1. The minimum atomic E-state index is -1.12. The Morgan fingerprint density at radius 3 is 2.48 bits per heavy atom. The fraction of sp³-hybridized carbons (Fsp3) is 0.133. The van der Waals surface area contributed by atoms with Crippen LogP contribution >= 0.6 is 0 Å². The number of fused-ring (bicyclic) bond motifs is 1. The lowest BCUT2D eigenvalue weighted by Crippen LogP contribution is -2.42. The standard InChI is InChI=1S/C15H14N2O4/c1-9(13(18)17-15(16)20)21-14(19)12-8-4-6-10-5-2-3-7-11(10)12/h2-9H,1H3,(H3,16,17,18,20). The van der Waals surface area contributed by atoms with Crippen molar-refractivity contribution in [2.24, 2.45) is 5.73 Å². The summed E-state index contributed by atoms with van der Waals surface area (Å²) in [5.41, 5.74) is 5.19. The minimum Gasteiger partial charge on any atom is -0.449 e. The Morgan fingerprint density at radius 1 is 1.10 bits per heavy atom. The first-order valence-electron chi connectivity index (χ1n) is 6.28. The van der Waals surface area contributed by atoms with E-state index in [1.54, 1.807) is 18.2 Å². The highest BCUT2D eigenvalue weighted by Gasteiger charge is 2.20. The van der Waals surface area contributed by atoms with E-state index in [2.05, 4.69) is 0 Å². The van der Waals surface area contributed by atoms with Gasteiger partial charge in [-0.05, 0) is 23.8 Å². The summed E-state index contributed by atoms with van der Waals surface area (Å²) >= 11 is 0. The van der Waals surface area contributed by atoms with Crippen LogP contribution in [-0.4, -0.2) is 24.0 Å². The minimum absolute atomic E-state index is 0.354.